The maximum atomic E-state index is 14.9. The number of halogens is 1. The molecule has 1 N–H and O–H groups in total. The molecule has 2 amide bonds. The van der Waals surface area contributed by atoms with Gasteiger partial charge in [-0.1, -0.05) is 5.10 Å². The number of nitrogens with zero attached hydrogens (tertiary/aromatic N) is 5. The molecule has 0 spiro atoms. The minimum Gasteiger partial charge on any atom is -0.442 e. The van der Waals surface area contributed by atoms with Crippen molar-refractivity contribution in [2.75, 3.05) is 54.0 Å². The average Bonchev–Trinajstić information content (AvgIpc) is 3.32. The molecule has 4 rings (SSSR count). The van der Waals surface area contributed by atoms with Crippen LogP contribution in [0.1, 0.15) is 12.8 Å². The van der Waals surface area contributed by atoms with Gasteiger partial charge in [-0.15, -0.1) is 5.10 Å². The van der Waals surface area contributed by atoms with E-state index in [0.29, 0.717) is 49.5 Å². The molecule has 2 aliphatic heterocycles. The fourth-order valence-electron chi connectivity index (χ4n) is 3.57. The van der Waals surface area contributed by atoms with Gasteiger partial charge in [0.2, 0.25) is 11.8 Å². The van der Waals surface area contributed by atoms with Crippen LogP contribution in [0.5, 0.6) is 0 Å². The van der Waals surface area contributed by atoms with Crippen LogP contribution in [0.2, 0.25) is 0 Å². The summed E-state index contributed by atoms with van der Waals surface area (Å²) >= 11 is 0. The van der Waals surface area contributed by atoms with Crippen molar-refractivity contribution in [3.63, 3.8) is 0 Å². The van der Waals surface area contributed by atoms with Crippen molar-refractivity contribution in [2.45, 2.75) is 20.0 Å². The lowest BCUT2D eigenvalue weighted by molar-refractivity contribution is -0.119. The quantitative estimate of drug-likeness (QED) is 0.775. The number of aryl methyl sites for hydroxylation is 1. The molecule has 1 aromatic heterocycles. The fraction of sp³-hybridized carbons (Fsp3) is 0.474. The molecule has 2 aromatic rings. The number of aromatic nitrogens is 2. The molecule has 1 aromatic carbocycles. The molecule has 160 valence electrons. The number of carbonyl (C=O) groups is 2. The van der Waals surface area contributed by atoms with Crippen molar-refractivity contribution in [2.24, 2.45) is 0 Å². The minimum absolute atomic E-state index is 0.200. The van der Waals surface area contributed by atoms with Crippen molar-refractivity contribution in [1.29, 1.82) is 0 Å². The minimum atomic E-state index is -0.555. The maximum Gasteiger partial charge on any atom is 0.414 e. The molecular weight excluding hydrogens is 395 g/mol. The van der Waals surface area contributed by atoms with E-state index in [1.54, 1.807) is 19.1 Å². The number of cyclic esters (lactones) is 1. The van der Waals surface area contributed by atoms with Gasteiger partial charge in [-0.05, 0) is 18.2 Å². The van der Waals surface area contributed by atoms with Crippen molar-refractivity contribution in [1.82, 2.24) is 15.5 Å². The second-order valence-electron chi connectivity index (χ2n) is 7.27. The largest absolute Gasteiger partial charge is 0.442 e. The molecule has 2 fully saturated rings. The number of benzene rings is 1. The summed E-state index contributed by atoms with van der Waals surface area (Å²) in [6.45, 7) is 6.07. The first-order valence-electron chi connectivity index (χ1n) is 9.73. The highest BCUT2D eigenvalue weighted by atomic mass is 19.1. The van der Waals surface area contributed by atoms with E-state index < -0.39 is 18.0 Å². The first-order chi connectivity index (χ1) is 14.4. The summed E-state index contributed by atoms with van der Waals surface area (Å²) in [5, 5.41) is 10.5. The molecule has 2 saturated heterocycles. The van der Waals surface area contributed by atoms with Crippen LogP contribution in [0.4, 0.5) is 26.6 Å². The molecule has 30 heavy (non-hydrogen) atoms. The third-order valence-electron chi connectivity index (χ3n) is 5.10. The summed E-state index contributed by atoms with van der Waals surface area (Å²) in [7, 11) is 0. The number of piperazine rings is 1. The van der Waals surface area contributed by atoms with Gasteiger partial charge in [0.15, 0.2) is 0 Å². The summed E-state index contributed by atoms with van der Waals surface area (Å²) in [6, 6.07) is 5.19. The van der Waals surface area contributed by atoms with Gasteiger partial charge < -0.3 is 24.3 Å². The molecule has 0 aliphatic carbocycles. The number of hydrogen-bond acceptors (Lipinski definition) is 8. The first kappa shape index (κ1) is 19.9. The van der Waals surface area contributed by atoms with Gasteiger partial charge in [-0.25, -0.2) is 9.18 Å². The molecule has 1 atom stereocenters. The molecule has 2 aliphatic rings. The van der Waals surface area contributed by atoms with Crippen molar-refractivity contribution in [3.8, 4) is 0 Å². The number of nitrogens with one attached hydrogen (secondary N) is 1. The Balaban J connectivity index is 1.39. The summed E-state index contributed by atoms with van der Waals surface area (Å²) in [6.07, 6.45) is -1.02. The Bertz CT molecular complexity index is 943. The molecular formula is C19H23FN6O4. The molecule has 0 bridgehead atoms. The van der Waals surface area contributed by atoms with E-state index in [4.69, 9.17) is 9.15 Å². The number of ether oxygens (including phenoxy) is 1. The highest BCUT2D eigenvalue weighted by Crippen LogP contribution is 2.29. The summed E-state index contributed by atoms with van der Waals surface area (Å²) in [4.78, 5) is 28.5. The van der Waals surface area contributed by atoms with Gasteiger partial charge in [0.05, 0.1) is 24.5 Å². The second kappa shape index (κ2) is 8.17. The Morgan fingerprint density at radius 3 is 2.60 bits per heavy atom. The standard InChI is InChI=1S/C19H23FN6O4/c1-12(27)21-10-15-11-26(19(28)30-15)14-3-4-17(16(20)9-14)24-5-7-25(8-6-24)18-23-22-13(2)29-18/h3-4,9,15H,5-8,10-11H2,1-2H3,(H,21,27)/t15-/m0/s1. The third kappa shape index (κ3) is 4.14. The van der Waals surface area contributed by atoms with Gasteiger partial charge >= 0.3 is 12.1 Å². The monoisotopic (exact) mass is 418 g/mol. The molecule has 3 heterocycles. The number of hydrogen-bond donors (Lipinski definition) is 1. The van der Waals surface area contributed by atoms with Gasteiger partial charge in [0.25, 0.3) is 0 Å². The highest BCUT2D eigenvalue weighted by Gasteiger charge is 2.33. The summed E-state index contributed by atoms with van der Waals surface area (Å²) in [5.74, 6) is -0.101. The molecule has 0 saturated carbocycles. The van der Waals surface area contributed by atoms with E-state index in [2.05, 4.69) is 15.5 Å². The van der Waals surface area contributed by atoms with E-state index in [-0.39, 0.29) is 19.0 Å². The summed E-state index contributed by atoms with van der Waals surface area (Å²) in [5.41, 5.74) is 0.897. The Labute approximate surface area is 172 Å². The Morgan fingerprint density at radius 1 is 1.23 bits per heavy atom. The lowest BCUT2D eigenvalue weighted by Gasteiger charge is -2.35. The zero-order chi connectivity index (χ0) is 21.3. The normalized spacial score (nSPS) is 19.2. The smallest absolute Gasteiger partial charge is 0.414 e. The SMILES string of the molecule is CC(=O)NC[C@H]1CN(c2ccc(N3CCN(c4nnc(C)o4)CC3)c(F)c2)C(=O)O1. The van der Waals surface area contributed by atoms with Crippen molar-refractivity contribution >= 4 is 29.4 Å². The van der Waals surface area contributed by atoms with E-state index >= 15 is 0 Å². The van der Waals surface area contributed by atoms with Crippen LogP contribution in [-0.2, 0) is 9.53 Å². The zero-order valence-corrected chi connectivity index (χ0v) is 16.8. The predicted molar refractivity (Wildman–Crippen MR) is 106 cm³/mol. The maximum absolute atomic E-state index is 14.9. The van der Waals surface area contributed by atoms with Gasteiger partial charge in [-0.3, -0.25) is 9.69 Å². The van der Waals surface area contributed by atoms with Crippen LogP contribution in [-0.4, -0.2) is 67.6 Å². The molecule has 0 radical (unpaired) electrons. The lowest BCUT2D eigenvalue weighted by Crippen LogP contribution is -2.47. The summed E-state index contributed by atoms with van der Waals surface area (Å²) < 4.78 is 25.5. The first-order valence-corrected chi connectivity index (χ1v) is 9.73. The topological polar surface area (TPSA) is 104 Å². The third-order valence-corrected chi connectivity index (χ3v) is 5.10. The van der Waals surface area contributed by atoms with E-state index in [0.717, 1.165) is 0 Å². The zero-order valence-electron chi connectivity index (χ0n) is 16.8. The Kier molecular flexibility index (Phi) is 5.42. The molecule has 10 nitrogen and oxygen atoms in total. The number of anilines is 3. The van der Waals surface area contributed by atoms with Gasteiger partial charge in [0.1, 0.15) is 11.9 Å². The Morgan fingerprint density at radius 2 is 1.97 bits per heavy atom. The van der Waals surface area contributed by atoms with Crippen LogP contribution >= 0.6 is 0 Å². The molecule has 11 heteroatoms. The van der Waals surface area contributed by atoms with E-state index in [1.165, 1.54) is 17.9 Å². The highest BCUT2D eigenvalue weighted by molar-refractivity contribution is 5.90. The van der Waals surface area contributed by atoms with Crippen molar-refractivity contribution < 1.29 is 23.1 Å². The van der Waals surface area contributed by atoms with Gasteiger partial charge in [-0.2, -0.15) is 0 Å². The lowest BCUT2D eigenvalue weighted by atomic mass is 10.2. The number of carbonyl (C=O) groups excluding carboxylic acids is 2. The van der Waals surface area contributed by atoms with Crippen LogP contribution in [0, 0.1) is 12.7 Å². The predicted octanol–water partition coefficient (Wildman–Crippen LogP) is 1.31. The van der Waals surface area contributed by atoms with Crippen LogP contribution in [0.25, 0.3) is 0 Å². The van der Waals surface area contributed by atoms with Crippen LogP contribution in [0.3, 0.4) is 0 Å². The number of rotatable bonds is 5. The van der Waals surface area contributed by atoms with Crippen molar-refractivity contribution in [3.05, 3.63) is 29.9 Å². The van der Waals surface area contributed by atoms with Gasteiger partial charge in [0, 0.05) is 40.0 Å². The van der Waals surface area contributed by atoms with E-state index in [9.17, 15) is 14.0 Å². The average molecular weight is 418 g/mol. The second-order valence-corrected chi connectivity index (χ2v) is 7.27. The van der Waals surface area contributed by atoms with E-state index in [1.807, 2.05) is 9.80 Å². The Hall–Kier alpha value is -3.37. The van der Waals surface area contributed by atoms with Crippen LogP contribution in [0.15, 0.2) is 22.6 Å². The number of amides is 2. The van der Waals surface area contributed by atoms with Crippen LogP contribution < -0.4 is 20.0 Å². The fourth-order valence-corrected chi connectivity index (χ4v) is 3.57. The molecule has 0 unspecified atom stereocenters.